The normalized spacial score (nSPS) is 14.8. The van der Waals surface area contributed by atoms with E-state index in [1.165, 1.54) is 5.56 Å². The highest BCUT2D eigenvalue weighted by molar-refractivity contribution is 6.30. The highest BCUT2D eigenvalue weighted by Crippen LogP contribution is 2.08. The molecule has 14 heavy (non-hydrogen) atoms. The Morgan fingerprint density at radius 2 is 2.14 bits per heavy atom. The van der Waals surface area contributed by atoms with Gasteiger partial charge >= 0.3 is 0 Å². The number of nitrogens with zero attached hydrogens (tertiary/aromatic N) is 1. The van der Waals surface area contributed by atoms with E-state index in [0.29, 0.717) is 0 Å². The quantitative estimate of drug-likeness (QED) is 0.773. The van der Waals surface area contributed by atoms with Crippen molar-refractivity contribution in [3.8, 4) is 0 Å². The zero-order valence-corrected chi connectivity index (χ0v) is 8.51. The number of guanidine groups is 1. The van der Waals surface area contributed by atoms with Crippen molar-refractivity contribution >= 4 is 17.6 Å². The summed E-state index contributed by atoms with van der Waals surface area (Å²) in [7, 11) is 0. The van der Waals surface area contributed by atoms with E-state index in [1.807, 2.05) is 24.3 Å². The first-order valence-corrected chi connectivity index (χ1v) is 4.99. The van der Waals surface area contributed by atoms with E-state index < -0.39 is 0 Å². The molecule has 0 unspecified atom stereocenters. The Morgan fingerprint density at radius 1 is 1.36 bits per heavy atom. The van der Waals surface area contributed by atoms with Crippen LogP contribution < -0.4 is 10.6 Å². The summed E-state index contributed by atoms with van der Waals surface area (Å²) in [5.41, 5.74) is 1.20. The van der Waals surface area contributed by atoms with Crippen LogP contribution in [-0.2, 0) is 6.54 Å². The van der Waals surface area contributed by atoms with Crippen LogP contribution in [0.3, 0.4) is 0 Å². The molecule has 4 heteroatoms. The molecule has 0 aromatic heterocycles. The maximum Gasteiger partial charge on any atom is 0.191 e. The van der Waals surface area contributed by atoms with Gasteiger partial charge in [0.2, 0.25) is 0 Å². The molecule has 1 aromatic rings. The van der Waals surface area contributed by atoms with Gasteiger partial charge in [0.15, 0.2) is 5.96 Å². The molecule has 0 saturated carbocycles. The molecule has 74 valence electrons. The first-order valence-electron chi connectivity index (χ1n) is 4.61. The molecule has 1 aliphatic rings. The van der Waals surface area contributed by atoms with Crippen molar-refractivity contribution in [2.24, 2.45) is 4.99 Å². The van der Waals surface area contributed by atoms with Crippen LogP contribution in [0.4, 0.5) is 0 Å². The zero-order valence-electron chi connectivity index (χ0n) is 7.76. The molecule has 1 aromatic carbocycles. The lowest BCUT2D eigenvalue weighted by Gasteiger charge is -2.06. The minimum atomic E-state index is 0.769. The molecule has 0 radical (unpaired) electrons. The summed E-state index contributed by atoms with van der Waals surface area (Å²) in [4.78, 5) is 4.24. The van der Waals surface area contributed by atoms with Gasteiger partial charge in [-0.1, -0.05) is 23.7 Å². The lowest BCUT2D eigenvalue weighted by Crippen LogP contribution is -2.33. The summed E-state index contributed by atoms with van der Waals surface area (Å²) in [6.07, 6.45) is 0. The summed E-state index contributed by atoms with van der Waals surface area (Å²) in [5.74, 6) is 0.889. The second-order valence-electron chi connectivity index (χ2n) is 3.14. The molecule has 2 rings (SSSR count). The van der Waals surface area contributed by atoms with Crippen LogP contribution in [0, 0.1) is 0 Å². The first-order chi connectivity index (χ1) is 6.84. The number of aliphatic imine (C=N–C) groups is 1. The fourth-order valence-electron chi connectivity index (χ4n) is 1.30. The molecule has 1 heterocycles. The molecular weight excluding hydrogens is 198 g/mol. The molecule has 0 fully saturated rings. The summed E-state index contributed by atoms with van der Waals surface area (Å²) < 4.78 is 0. The van der Waals surface area contributed by atoms with Gasteiger partial charge in [-0.3, -0.25) is 4.99 Å². The van der Waals surface area contributed by atoms with E-state index in [-0.39, 0.29) is 0 Å². The average molecular weight is 210 g/mol. The van der Waals surface area contributed by atoms with Crippen LogP contribution in [0.15, 0.2) is 29.3 Å². The van der Waals surface area contributed by atoms with E-state index >= 15 is 0 Å². The van der Waals surface area contributed by atoms with E-state index in [0.717, 1.165) is 30.6 Å². The molecule has 0 saturated heterocycles. The fraction of sp³-hybridized carbons (Fsp3) is 0.300. The predicted molar refractivity (Wildman–Crippen MR) is 58.6 cm³/mol. The highest BCUT2D eigenvalue weighted by Gasteiger charge is 2.02. The van der Waals surface area contributed by atoms with E-state index in [9.17, 15) is 0 Å². The number of rotatable bonds is 2. The topological polar surface area (TPSA) is 36.4 Å². The molecule has 0 bridgehead atoms. The summed E-state index contributed by atoms with van der Waals surface area (Å²) in [5, 5.41) is 7.13. The van der Waals surface area contributed by atoms with E-state index in [1.54, 1.807) is 0 Å². The maximum absolute atomic E-state index is 5.78. The largest absolute Gasteiger partial charge is 0.355 e. The summed E-state index contributed by atoms with van der Waals surface area (Å²) >= 11 is 5.78. The van der Waals surface area contributed by atoms with Crippen LogP contribution in [0.1, 0.15) is 5.56 Å². The second-order valence-corrected chi connectivity index (χ2v) is 3.57. The summed E-state index contributed by atoms with van der Waals surface area (Å²) in [6, 6.07) is 7.79. The van der Waals surface area contributed by atoms with Crippen LogP contribution in [-0.4, -0.2) is 19.0 Å². The number of nitrogens with one attached hydrogen (secondary N) is 2. The van der Waals surface area contributed by atoms with Gasteiger partial charge in [-0.05, 0) is 17.7 Å². The van der Waals surface area contributed by atoms with Gasteiger partial charge in [-0.2, -0.15) is 0 Å². The Hall–Kier alpha value is -1.22. The van der Waals surface area contributed by atoms with Crippen molar-refractivity contribution in [1.29, 1.82) is 0 Å². The Labute approximate surface area is 88.2 Å². The molecule has 0 aliphatic carbocycles. The van der Waals surface area contributed by atoms with Crippen molar-refractivity contribution < 1.29 is 0 Å². The monoisotopic (exact) mass is 209 g/mol. The van der Waals surface area contributed by atoms with Crippen molar-refractivity contribution in [2.45, 2.75) is 6.54 Å². The highest BCUT2D eigenvalue weighted by atomic mass is 35.5. The van der Waals surface area contributed by atoms with E-state index in [2.05, 4.69) is 15.6 Å². The third-order valence-corrected chi connectivity index (χ3v) is 2.30. The summed E-state index contributed by atoms with van der Waals surface area (Å²) in [6.45, 7) is 2.58. The van der Waals surface area contributed by atoms with Crippen molar-refractivity contribution in [3.63, 3.8) is 0 Å². The van der Waals surface area contributed by atoms with Gasteiger partial charge in [-0.25, -0.2) is 0 Å². The fourth-order valence-corrected chi connectivity index (χ4v) is 1.43. The molecule has 0 atom stereocenters. The SMILES string of the molecule is Clc1ccc(CNC2=NCCN2)cc1. The van der Waals surface area contributed by atoms with Gasteiger partial charge in [-0.15, -0.1) is 0 Å². The standard InChI is InChI=1S/C10H12ClN3/c11-9-3-1-8(2-4-9)7-14-10-12-5-6-13-10/h1-4H,5-7H2,(H2,12,13,14). The van der Waals surface area contributed by atoms with Gasteiger partial charge in [0.1, 0.15) is 0 Å². The maximum atomic E-state index is 5.78. The van der Waals surface area contributed by atoms with Crippen LogP contribution >= 0.6 is 11.6 Å². The zero-order chi connectivity index (χ0) is 9.80. The van der Waals surface area contributed by atoms with Crippen LogP contribution in [0.2, 0.25) is 5.02 Å². The molecule has 1 aliphatic heterocycles. The second kappa shape index (κ2) is 4.33. The van der Waals surface area contributed by atoms with Crippen LogP contribution in [0.25, 0.3) is 0 Å². The molecule has 0 amide bonds. The average Bonchev–Trinajstić information content (AvgIpc) is 2.70. The molecule has 3 nitrogen and oxygen atoms in total. The predicted octanol–water partition coefficient (Wildman–Crippen LogP) is 1.39. The van der Waals surface area contributed by atoms with Crippen molar-refractivity contribution in [2.75, 3.05) is 13.1 Å². The van der Waals surface area contributed by atoms with Gasteiger partial charge in [0, 0.05) is 18.1 Å². The molecular formula is C10H12ClN3. The first kappa shape index (κ1) is 9.34. The lowest BCUT2D eigenvalue weighted by molar-refractivity contribution is 0.867. The van der Waals surface area contributed by atoms with Crippen LogP contribution in [0.5, 0.6) is 0 Å². The number of benzene rings is 1. The Balaban J connectivity index is 1.88. The van der Waals surface area contributed by atoms with Crippen molar-refractivity contribution in [1.82, 2.24) is 10.6 Å². The van der Waals surface area contributed by atoms with Gasteiger partial charge < -0.3 is 10.6 Å². The lowest BCUT2D eigenvalue weighted by atomic mass is 10.2. The third kappa shape index (κ3) is 2.39. The number of hydrogen-bond donors (Lipinski definition) is 2. The Morgan fingerprint density at radius 3 is 2.79 bits per heavy atom. The number of halogens is 1. The minimum absolute atomic E-state index is 0.769. The van der Waals surface area contributed by atoms with Gasteiger partial charge in [0.25, 0.3) is 0 Å². The molecule has 2 N–H and O–H groups in total. The number of hydrogen-bond acceptors (Lipinski definition) is 3. The third-order valence-electron chi connectivity index (χ3n) is 2.05. The minimum Gasteiger partial charge on any atom is -0.355 e. The Kier molecular flexibility index (Phi) is 2.89. The Bertz CT molecular complexity index is 332. The van der Waals surface area contributed by atoms with Gasteiger partial charge in [0.05, 0.1) is 6.54 Å². The molecule has 0 spiro atoms. The van der Waals surface area contributed by atoms with E-state index in [4.69, 9.17) is 11.6 Å². The van der Waals surface area contributed by atoms with Crippen molar-refractivity contribution in [3.05, 3.63) is 34.9 Å². The smallest absolute Gasteiger partial charge is 0.191 e.